The maximum atomic E-state index is 13.8. The number of rotatable bonds is 6. The summed E-state index contributed by atoms with van der Waals surface area (Å²) in [6.45, 7) is 1.06. The first-order valence-corrected chi connectivity index (χ1v) is 11.6. The number of hydrogen-bond donors (Lipinski definition) is 0. The molecule has 9 heteroatoms. The molecule has 0 amide bonds. The third kappa shape index (κ3) is 4.08. The van der Waals surface area contributed by atoms with Gasteiger partial charge in [0.2, 0.25) is 0 Å². The summed E-state index contributed by atoms with van der Waals surface area (Å²) in [6, 6.07) is 18.2. The number of para-hydroxylation sites is 3. The Kier molecular flexibility index (Phi) is 6.15. The number of nitrogens with zero attached hydrogens (tertiary/aromatic N) is 3. The fourth-order valence-corrected chi connectivity index (χ4v) is 5.14. The first kappa shape index (κ1) is 23.8. The molecule has 3 aromatic carbocycles. The van der Waals surface area contributed by atoms with Gasteiger partial charge < -0.3 is 14.4 Å². The molecule has 0 spiro atoms. The molecule has 188 valence electrons. The molecule has 2 heterocycles. The number of benzene rings is 3. The van der Waals surface area contributed by atoms with Crippen LogP contribution in [0.3, 0.4) is 0 Å². The Labute approximate surface area is 206 Å². The number of hydrogen-bond acceptors (Lipinski definition) is 4. The minimum Gasteiger partial charge on any atom is -0.495 e. The van der Waals surface area contributed by atoms with Crippen molar-refractivity contribution in [2.75, 3.05) is 32.2 Å². The van der Waals surface area contributed by atoms with Crippen molar-refractivity contribution in [3.05, 3.63) is 88.3 Å². The van der Waals surface area contributed by atoms with Gasteiger partial charge in [0.15, 0.2) is 0 Å². The Bertz CT molecular complexity index is 1460. The van der Waals surface area contributed by atoms with Crippen LogP contribution >= 0.6 is 0 Å². The minimum absolute atomic E-state index is 0.0270. The average Bonchev–Trinajstić information content (AvgIpc) is 3.46. The van der Waals surface area contributed by atoms with Gasteiger partial charge in [0.1, 0.15) is 17.0 Å². The Morgan fingerprint density at radius 3 is 2.36 bits per heavy atom. The molecule has 0 radical (unpaired) electrons. The lowest BCUT2D eigenvalue weighted by Gasteiger charge is -2.21. The van der Waals surface area contributed by atoms with Crippen LogP contribution in [-0.2, 0) is 12.7 Å². The summed E-state index contributed by atoms with van der Waals surface area (Å²) in [6.07, 6.45) is -3.82. The molecule has 0 N–H and O–H groups in total. The van der Waals surface area contributed by atoms with Gasteiger partial charge >= 0.3 is 11.9 Å². The van der Waals surface area contributed by atoms with Crippen LogP contribution in [0.5, 0.6) is 11.5 Å². The van der Waals surface area contributed by atoms with Gasteiger partial charge in [-0.3, -0.25) is 9.13 Å². The zero-order valence-corrected chi connectivity index (χ0v) is 20.0. The van der Waals surface area contributed by atoms with E-state index >= 15 is 0 Å². The van der Waals surface area contributed by atoms with Crippen molar-refractivity contribution in [3.63, 3.8) is 0 Å². The molecule has 0 bridgehead atoms. The fraction of sp³-hybridized carbons (Fsp3) is 0.296. The average molecular weight is 498 g/mol. The molecule has 0 saturated carbocycles. The third-order valence-electron chi connectivity index (χ3n) is 6.77. The highest BCUT2D eigenvalue weighted by atomic mass is 19.4. The number of fused-ring (bicyclic) bond motifs is 1. The van der Waals surface area contributed by atoms with Crippen molar-refractivity contribution in [2.45, 2.75) is 25.2 Å². The monoisotopic (exact) mass is 497 g/mol. The minimum atomic E-state index is -4.52. The molecule has 1 fully saturated rings. The molecule has 4 aromatic rings. The zero-order valence-electron chi connectivity index (χ0n) is 20.0. The number of anilines is 1. The van der Waals surface area contributed by atoms with Crippen molar-refractivity contribution < 1.29 is 22.6 Å². The molecular weight excluding hydrogens is 471 g/mol. The summed E-state index contributed by atoms with van der Waals surface area (Å²) in [5.74, 6) is 1.19. The van der Waals surface area contributed by atoms with E-state index in [-0.39, 0.29) is 23.8 Å². The van der Waals surface area contributed by atoms with Crippen LogP contribution in [0.2, 0.25) is 0 Å². The molecule has 36 heavy (non-hydrogen) atoms. The summed E-state index contributed by atoms with van der Waals surface area (Å²) < 4.78 is 55.2. The molecule has 1 atom stereocenters. The molecule has 0 unspecified atom stereocenters. The van der Waals surface area contributed by atoms with Crippen LogP contribution in [0, 0.1) is 0 Å². The standard InChI is InChI=1S/C27H26F3N3O3/c1-35-23-12-6-5-10-21(23)31-15-14-19(17-31)33-22-11-7-13-24(36-2)25(22)32(26(33)34)16-18-8-3-4-9-20(18)27(28,29)30/h3-13,19H,14-17H2,1-2H3/t19-/m1/s1. The second kappa shape index (κ2) is 9.29. The van der Waals surface area contributed by atoms with Gasteiger partial charge in [0.05, 0.1) is 43.6 Å². The highest BCUT2D eigenvalue weighted by Gasteiger charge is 2.34. The van der Waals surface area contributed by atoms with Crippen molar-refractivity contribution >= 4 is 16.7 Å². The molecule has 5 rings (SSSR count). The summed E-state index contributed by atoms with van der Waals surface area (Å²) >= 11 is 0. The maximum absolute atomic E-state index is 13.8. The lowest BCUT2D eigenvalue weighted by molar-refractivity contribution is -0.138. The second-order valence-corrected chi connectivity index (χ2v) is 8.78. The Morgan fingerprint density at radius 2 is 1.61 bits per heavy atom. The number of aromatic nitrogens is 2. The van der Waals surface area contributed by atoms with Crippen molar-refractivity contribution in [1.29, 1.82) is 0 Å². The summed E-state index contributed by atoms with van der Waals surface area (Å²) in [7, 11) is 3.11. The van der Waals surface area contributed by atoms with Crippen LogP contribution in [0.25, 0.3) is 11.0 Å². The molecule has 1 aromatic heterocycles. The summed E-state index contributed by atoms with van der Waals surface area (Å²) in [5.41, 5.74) is 0.970. The summed E-state index contributed by atoms with van der Waals surface area (Å²) in [4.78, 5) is 16.0. The fourth-order valence-electron chi connectivity index (χ4n) is 5.14. The first-order valence-electron chi connectivity index (χ1n) is 11.6. The van der Waals surface area contributed by atoms with E-state index in [1.54, 1.807) is 29.9 Å². The van der Waals surface area contributed by atoms with Crippen molar-refractivity contribution in [3.8, 4) is 11.5 Å². The number of imidazole rings is 1. The maximum Gasteiger partial charge on any atom is 0.416 e. The molecular formula is C27H26F3N3O3. The van der Waals surface area contributed by atoms with E-state index in [0.717, 1.165) is 17.5 Å². The molecule has 0 aliphatic carbocycles. The van der Waals surface area contributed by atoms with Crippen LogP contribution in [0.1, 0.15) is 23.6 Å². The lowest BCUT2D eigenvalue weighted by Crippen LogP contribution is -2.30. The van der Waals surface area contributed by atoms with Gasteiger partial charge in [0, 0.05) is 13.1 Å². The van der Waals surface area contributed by atoms with Gasteiger partial charge in [-0.05, 0) is 42.3 Å². The normalized spacial score (nSPS) is 16.0. The molecule has 1 saturated heterocycles. The van der Waals surface area contributed by atoms with E-state index in [4.69, 9.17) is 9.47 Å². The number of ether oxygens (including phenoxy) is 2. The summed E-state index contributed by atoms with van der Waals surface area (Å²) in [5, 5.41) is 0. The topological polar surface area (TPSA) is 48.6 Å². The number of methoxy groups -OCH3 is 2. The van der Waals surface area contributed by atoms with Gasteiger partial charge in [-0.2, -0.15) is 13.2 Å². The Balaban J connectivity index is 1.60. The second-order valence-electron chi connectivity index (χ2n) is 8.78. The predicted octanol–water partition coefficient (Wildman–Crippen LogP) is 5.34. The van der Waals surface area contributed by atoms with Crippen LogP contribution < -0.4 is 20.1 Å². The van der Waals surface area contributed by atoms with E-state index in [1.165, 1.54) is 23.8 Å². The zero-order chi connectivity index (χ0) is 25.4. The van der Waals surface area contributed by atoms with E-state index in [9.17, 15) is 18.0 Å². The lowest BCUT2D eigenvalue weighted by atomic mass is 10.1. The van der Waals surface area contributed by atoms with Crippen molar-refractivity contribution in [2.24, 2.45) is 0 Å². The van der Waals surface area contributed by atoms with Gasteiger partial charge in [-0.1, -0.05) is 36.4 Å². The number of alkyl halides is 3. The molecule has 6 nitrogen and oxygen atoms in total. The first-order chi connectivity index (χ1) is 17.3. The quantitative estimate of drug-likeness (QED) is 0.361. The van der Waals surface area contributed by atoms with E-state index < -0.39 is 11.7 Å². The van der Waals surface area contributed by atoms with E-state index in [0.29, 0.717) is 36.3 Å². The van der Waals surface area contributed by atoms with Crippen LogP contribution in [0.15, 0.2) is 71.5 Å². The van der Waals surface area contributed by atoms with Gasteiger partial charge in [-0.15, -0.1) is 0 Å². The highest BCUT2D eigenvalue weighted by molar-refractivity contribution is 5.83. The Morgan fingerprint density at radius 1 is 0.917 bits per heavy atom. The smallest absolute Gasteiger partial charge is 0.416 e. The predicted molar refractivity (Wildman–Crippen MR) is 132 cm³/mol. The van der Waals surface area contributed by atoms with Crippen LogP contribution in [0.4, 0.5) is 18.9 Å². The van der Waals surface area contributed by atoms with Crippen LogP contribution in [-0.4, -0.2) is 36.4 Å². The van der Waals surface area contributed by atoms with Crippen molar-refractivity contribution in [1.82, 2.24) is 9.13 Å². The highest BCUT2D eigenvalue weighted by Crippen LogP contribution is 2.36. The van der Waals surface area contributed by atoms with Gasteiger partial charge in [-0.25, -0.2) is 4.79 Å². The molecule has 1 aliphatic rings. The third-order valence-corrected chi connectivity index (χ3v) is 6.77. The van der Waals surface area contributed by atoms with E-state index in [1.807, 2.05) is 30.3 Å². The van der Waals surface area contributed by atoms with Gasteiger partial charge in [0.25, 0.3) is 0 Å². The van der Waals surface area contributed by atoms with E-state index in [2.05, 4.69) is 4.90 Å². The molecule has 1 aliphatic heterocycles. The SMILES string of the molecule is COc1ccccc1N1CC[C@@H](n2c(=O)n(Cc3ccccc3C(F)(F)F)c3c(OC)cccc32)C1. The largest absolute Gasteiger partial charge is 0.495 e. The number of halogens is 3. The Hall–Kier alpha value is -3.88.